The van der Waals surface area contributed by atoms with E-state index >= 15 is 0 Å². The lowest BCUT2D eigenvalue weighted by Gasteiger charge is -2.42. The molecule has 2 unspecified atom stereocenters. The number of aromatic carboxylic acids is 1. The average Bonchev–Trinajstić information content (AvgIpc) is 3.31. The van der Waals surface area contributed by atoms with Gasteiger partial charge < -0.3 is 5.11 Å². The molecule has 2 aromatic rings. The van der Waals surface area contributed by atoms with Gasteiger partial charge in [0.1, 0.15) is 0 Å². The highest BCUT2D eigenvalue weighted by atomic mass is 16.4. The molecule has 3 aliphatic rings. The summed E-state index contributed by atoms with van der Waals surface area (Å²) < 4.78 is 0. The molecule has 1 aromatic carbocycles. The van der Waals surface area contributed by atoms with E-state index in [9.17, 15) is 4.79 Å². The molecule has 1 heterocycles. The number of carbonyl (C=O) groups is 1. The predicted molar refractivity (Wildman–Crippen MR) is 115 cm³/mol. The van der Waals surface area contributed by atoms with Gasteiger partial charge in [0.2, 0.25) is 0 Å². The molecular formula is C26H29NO2. The van der Waals surface area contributed by atoms with Gasteiger partial charge in [-0.2, -0.15) is 0 Å². The van der Waals surface area contributed by atoms with Gasteiger partial charge in [0, 0.05) is 11.6 Å². The molecule has 1 N–H and O–H groups in total. The van der Waals surface area contributed by atoms with Crippen molar-refractivity contribution in [3.8, 4) is 0 Å². The Balaban J connectivity index is 1.47. The topological polar surface area (TPSA) is 50.2 Å². The van der Waals surface area contributed by atoms with Crippen molar-refractivity contribution in [2.24, 2.45) is 5.92 Å². The van der Waals surface area contributed by atoms with E-state index in [0.717, 1.165) is 12.1 Å². The van der Waals surface area contributed by atoms with Crippen molar-refractivity contribution in [1.29, 1.82) is 0 Å². The van der Waals surface area contributed by atoms with Gasteiger partial charge in [0.15, 0.2) is 0 Å². The van der Waals surface area contributed by atoms with Crippen molar-refractivity contribution >= 4 is 11.5 Å². The number of hydrogen-bond donors (Lipinski definition) is 1. The molecule has 0 saturated heterocycles. The summed E-state index contributed by atoms with van der Waals surface area (Å²) in [5.41, 5.74) is 7.68. The molecular weight excluding hydrogens is 358 g/mol. The fourth-order valence-electron chi connectivity index (χ4n) is 5.68. The Kier molecular flexibility index (Phi) is 3.73. The van der Waals surface area contributed by atoms with Gasteiger partial charge in [-0.05, 0) is 76.8 Å². The predicted octanol–water partition coefficient (Wildman–Crippen LogP) is 5.87. The molecule has 5 rings (SSSR count). The first-order chi connectivity index (χ1) is 13.6. The molecule has 1 aromatic heterocycles. The normalized spacial score (nSPS) is 28.3. The zero-order valence-corrected chi connectivity index (χ0v) is 17.7. The van der Waals surface area contributed by atoms with Crippen LogP contribution in [0.5, 0.6) is 0 Å². The highest BCUT2D eigenvalue weighted by Crippen LogP contribution is 2.66. The Morgan fingerprint density at radius 2 is 1.76 bits per heavy atom. The number of allylic oxidation sites excluding steroid dienone is 2. The molecule has 0 bridgehead atoms. The summed E-state index contributed by atoms with van der Waals surface area (Å²) in [5, 5.41) is 9.11. The Hall–Kier alpha value is -2.42. The van der Waals surface area contributed by atoms with Crippen LogP contribution in [0.25, 0.3) is 5.57 Å². The highest BCUT2D eigenvalue weighted by molar-refractivity contribution is 5.87. The molecule has 2 atom stereocenters. The van der Waals surface area contributed by atoms with E-state index in [1.54, 1.807) is 6.07 Å². The molecule has 0 radical (unpaired) electrons. The van der Waals surface area contributed by atoms with Gasteiger partial charge in [-0.3, -0.25) is 4.98 Å². The number of nitrogens with zero attached hydrogens (tertiary/aromatic N) is 1. The standard InChI is InChI=1S/C26H29NO2/c1-24(2)11-12-25(3,4)20-13-17(6-7-19(20)24)26-10-9-18(21(26)14-26)22-8-5-16(15-27-22)23(28)29/h5-9,13,15,21H,10-12,14H2,1-4H3,(H,28,29). The van der Waals surface area contributed by atoms with E-state index in [4.69, 9.17) is 5.11 Å². The van der Waals surface area contributed by atoms with Gasteiger partial charge in [-0.1, -0.05) is 52.0 Å². The molecule has 0 spiro atoms. The third kappa shape index (κ3) is 2.70. The second-order valence-electron chi connectivity index (χ2n) is 10.5. The summed E-state index contributed by atoms with van der Waals surface area (Å²) in [5.74, 6) is -0.423. The molecule has 29 heavy (non-hydrogen) atoms. The van der Waals surface area contributed by atoms with Gasteiger partial charge in [-0.15, -0.1) is 0 Å². The second-order valence-corrected chi connectivity index (χ2v) is 10.5. The Morgan fingerprint density at radius 1 is 1.03 bits per heavy atom. The first-order valence-electron chi connectivity index (χ1n) is 10.7. The minimum Gasteiger partial charge on any atom is -0.478 e. The van der Waals surface area contributed by atoms with Crippen LogP contribution in [0, 0.1) is 5.92 Å². The van der Waals surface area contributed by atoms with Crippen molar-refractivity contribution in [2.45, 2.75) is 69.6 Å². The monoisotopic (exact) mass is 387 g/mol. The maximum absolute atomic E-state index is 11.1. The number of carboxylic acids is 1. The summed E-state index contributed by atoms with van der Waals surface area (Å²) in [7, 11) is 0. The second kappa shape index (κ2) is 5.81. The SMILES string of the molecule is CC1(C)CCC(C)(C)c2cc(C34CC=C(c5ccc(C(=O)O)cn5)C3C4)ccc21. The molecule has 0 amide bonds. The fourth-order valence-corrected chi connectivity index (χ4v) is 5.68. The lowest BCUT2D eigenvalue weighted by atomic mass is 9.62. The van der Waals surface area contributed by atoms with Crippen LogP contribution in [0.3, 0.4) is 0 Å². The Bertz CT molecular complexity index is 1040. The maximum atomic E-state index is 11.1. The summed E-state index contributed by atoms with van der Waals surface area (Å²) in [4.78, 5) is 15.6. The van der Waals surface area contributed by atoms with Gasteiger partial charge >= 0.3 is 5.97 Å². The maximum Gasteiger partial charge on any atom is 0.337 e. The first kappa shape index (κ1) is 18.6. The van der Waals surface area contributed by atoms with E-state index in [2.05, 4.69) is 57.0 Å². The number of fused-ring (bicyclic) bond motifs is 2. The molecule has 1 fully saturated rings. The smallest absolute Gasteiger partial charge is 0.337 e. The quantitative estimate of drug-likeness (QED) is 0.716. The van der Waals surface area contributed by atoms with E-state index in [1.165, 1.54) is 47.7 Å². The van der Waals surface area contributed by atoms with E-state index in [0.29, 0.717) is 5.92 Å². The van der Waals surface area contributed by atoms with Crippen LogP contribution in [0.4, 0.5) is 0 Å². The number of hydrogen-bond acceptors (Lipinski definition) is 2. The van der Waals surface area contributed by atoms with Gasteiger partial charge in [-0.25, -0.2) is 4.79 Å². The van der Waals surface area contributed by atoms with Crippen LogP contribution < -0.4 is 0 Å². The minimum atomic E-state index is -0.926. The molecule has 3 heteroatoms. The summed E-state index contributed by atoms with van der Waals surface area (Å²) >= 11 is 0. The fraction of sp³-hybridized carbons (Fsp3) is 0.462. The first-order valence-corrected chi connectivity index (χ1v) is 10.7. The van der Waals surface area contributed by atoms with Gasteiger partial charge in [0.25, 0.3) is 0 Å². The largest absolute Gasteiger partial charge is 0.478 e. The summed E-state index contributed by atoms with van der Waals surface area (Å²) in [6, 6.07) is 10.8. The van der Waals surface area contributed by atoms with Crippen molar-refractivity contribution in [3.63, 3.8) is 0 Å². The lowest BCUT2D eigenvalue weighted by Crippen LogP contribution is -2.34. The number of rotatable bonds is 3. The number of carboxylic acid groups (broad SMARTS) is 1. The number of pyridine rings is 1. The highest BCUT2D eigenvalue weighted by Gasteiger charge is 2.59. The zero-order valence-electron chi connectivity index (χ0n) is 17.7. The number of benzene rings is 1. The molecule has 150 valence electrons. The summed E-state index contributed by atoms with van der Waals surface area (Å²) in [6.45, 7) is 9.53. The van der Waals surface area contributed by atoms with Crippen molar-refractivity contribution in [2.75, 3.05) is 0 Å². The minimum absolute atomic E-state index is 0.217. The lowest BCUT2D eigenvalue weighted by molar-refractivity contribution is 0.0696. The van der Waals surface area contributed by atoms with Crippen LogP contribution in [-0.2, 0) is 16.2 Å². The zero-order chi connectivity index (χ0) is 20.6. The van der Waals surface area contributed by atoms with Crippen molar-refractivity contribution in [3.05, 3.63) is 70.6 Å². The van der Waals surface area contributed by atoms with E-state index < -0.39 is 5.97 Å². The Labute approximate surface area is 172 Å². The van der Waals surface area contributed by atoms with Crippen molar-refractivity contribution < 1.29 is 9.90 Å². The molecule has 1 saturated carbocycles. The Morgan fingerprint density at radius 3 is 2.38 bits per heavy atom. The van der Waals surface area contributed by atoms with Crippen LogP contribution in [0.15, 0.2) is 42.6 Å². The molecule has 0 aliphatic heterocycles. The third-order valence-corrected chi connectivity index (χ3v) is 7.87. The summed E-state index contributed by atoms with van der Waals surface area (Å²) in [6.07, 6.45) is 8.50. The van der Waals surface area contributed by atoms with E-state index in [1.807, 2.05) is 6.07 Å². The molecule has 3 nitrogen and oxygen atoms in total. The molecule has 3 aliphatic carbocycles. The van der Waals surface area contributed by atoms with Crippen LogP contribution in [0.2, 0.25) is 0 Å². The van der Waals surface area contributed by atoms with E-state index in [-0.39, 0.29) is 21.8 Å². The van der Waals surface area contributed by atoms with Crippen LogP contribution in [-0.4, -0.2) is 16.1 Å². The van der Waals surface area contributed by atoms with Crippen LogP contribution in [0.1, 0.15) is 86.1 Å². The average molecular weight is 388 g/mol. The van der Waals surface area contributed by atoms with Gasteiger partial charge in [0.05, 0.1) is 11.3 Å². The third-order valence-electron chi connectivity index (χ3n) is 7.87. The number of aromatic nitrogens is 1. The van der Waals surface area contributed by atoms with Crippen LogP contribution >= 0.6 is 0 Å². The van der Waals surface area contributed by atoms with Crippen molar-refractivity contribution in [1.82, 2.24) is 4.98 Å².